The molecule has 1 unspecified atom stereocenters. The van der Waals surface area contributed by atoms with Gasteiger partial charge in [0.1, 0.15) is 11.6 Å². The molecule has 0 bridgehead atoms. The fourth-order valence-corrected chi connectivity index (χ4v) is 2.76. The molecule has 0 aromatic heterocycles. The van der Waals surface area contributed by atoms with Gasteiger partial charge in [0.25, 0.3) is 0 Å². The van der Waals surface area contributed by atoms with Gasteiger partial charge in [-0.1, -0.05) is 12.1 Å². The van der Waals surface area contributed by atoms with Gasteiger partial charge in [-0.25, -0.2) is 8.78 Å². The quantitative estimate of drug-likeness (QED) is 0.860. The minimum Gasteiger partial charge on any atom is -0.382 e. The molecule has 0 saturated carbocycles. The van der Waals surface area contributed by atoms with Gasteiger partial charge in [0.05, 0.1) is 0 Å². The zero-order valence-corrected chi connectivity index (χ0v) is 11.4. The van der Waals surface area contributed by atoms with Crippen LogP contribution in [0.3, 0.4) is 0 Å². The maximum absolute atomic E-state index is 13.2. The van der Waals surface area contributed by atoms with Gasteiger partial charge in [-0.05, 0) is 61.1 Å². The van der Waals surface area contributed by atoms with Gasteiger partial charge >= 0.3 is 0 Å². The summed E-state index contributed by atoms with van der Waals surface area (Å²) in [5, 5.41) is 3.45. The second-order valence-electron chi connectivity index (χ2n) is 5.53. The van der Waals surface area contributed by atoms with E-state index in [4.69, 9.17) is 0 Å². The Morgan fingerprint density at radius 2 is 1.80 bits per heavy atom. The van der Waals surface area contributed by atoms with Crippen molar-refractivity contribution < 1.29 is 8.78 Å². The number of aryl methyl sites for hydroxylation is 1. The van der Waals surface area contributed by atoms with E-state index >= 15 is 0 Å². The summed E-state index contributed by atoms with van der Waals surface area (Å²) in [6, 6.07) is 10.4. The van der Waals surface area contributed by atoms with E-state index in [0.717, 1.165) is 24.5 Å². The topological polar surface area (TPSA) is 12.0 Å². The summed E-state index contributed by atoms with van der Waals surface area (Å²) in [5.41, 5.74) is 4.22. The fraction of sp³-hybridized carbons (Fsp3) is 0.294. The predicted octanol–water partition coefficient (Wildman–Crippen LogP) is 4.30. The fourth-order valence-electron chi connectivity index (χ4n) is 2.76. The first-order valence-electron chi connectivity index (χ1n) is 6.93. The van der Waals surface area contributed by atoms with Crippen molar-refractivity contribution in [2.45, 2.75) is 32.2 Å². The number of hydrogen-bond donors (Lipinski definition) is 1. The van der Waals surface area contributed by atoms with Crippen LogP contribution in [0, 0.1) is 11.6 Å². The van der Waals surface area contributed by atoms with Crippen molar-refractivity contribution in [1.82, 2.24) is 0 Å². The maximum atomic E-state index is 13.2. The Hall–Kier alpha value is -1.90. The molecule has 2 aromatic rings. The number of rotatable bonds is 2. The molecule has 3 heteroatoms. The average Bonchev–Trinajstić information content (AvgIpc) is 2.38. The first kappa shape index (κ1) is 13.1. The van der Waals surface area contributed by atoms with Crippen molar-refractivity contribution in [1.29, 1.82) is 0 Å². The summed E-state index contributed by atoms with van der Waals surface area (Å²) in [7, 11) is 0. The Balaban J connectivity index is 1.84. The van der Waals surface area contributed by atoms with Crippen LogP contribution in [0.4, 0.5) is 14.5 Å². The standard InChI is InChI=1S/C17H17F2N/c1-11-2-4-14-7-12(3-5-17(14)20-11)6-13-8-15(18)10-16(19)9-13/h3,5,7-11,20H,2,4,6H2,1H3. The molecule has 1 atom stereocenters. The van der Waals surface area contributed by atoms with Gasteiger partial charge in [-0.15, -0.1) is 0 Å². The molecule has 0 aliphatic carbocycles. The third kappa shape index (κ3) is 2.82. The molecule has 20 heavy (non-hydrogen) atoms. The summed E-state index contributed by atoms with van der Waals surface area (Å²) < 4.78 is 26.4. The van der Waals surface area contributed by atoms with E-state index in [1.54, 1.807) is 0 Å². The molecule has 1 aliphatic rings. The zero-order valence-electron chi connectivity index (χ0n) is 11.4. The summed E-state index contributed by atoms with van der Waals surface area (Å²) in [6.07, 6.45) is 2.72. The van der Waals surface area contributed by atoms with Crippen LogP contribution in [0.25, 0.3) is 0 Å². The smallest absolute Gasteiger partial charge is 0.126 e. The van der Waals surface area contributed by atoms with Crippen LogP contribution in [-0.2, 0) is 12.8 Å². The van der Waals surface area contributed by atoms with Gasteiger partial charge in [-0.2, -0.15) is 0 Å². The maximum Gasteiger partial charge on any atom is 0.126 e. The van der Waals surface area contributed by atoms with Crippen molar-refractivity contribution in [3.63, 3.8) is 0 Å². The van der Waals surface area contributed by atoms with Gasteiger partial charge in [0.2, 0.25) is 0 Å². The Labute approximate surface area is 117 Å². The van der Waals surface area contributed by atoms with Crippen molar-refractivity contribution in [3.8, 4) is 0 Å². The Bertz CT molecular complexity index is 617. The monoisotopic (exact) mass is 273 g/mol. The molecule has 104 valence electrons. The molecule has 1 N–H and O–H groups in total. The number of halogens is 2. The minimum absolute atomic E-state index is 0.505. The number of anilines is 1. The Morgan fingerprint density at radius 1 is 1.05 bits per heavy atom. The first-order valence-corrected chi connectivity index (χ1v) is 6.93. The van der Waals surface area contributed by atoms with Crippen LogP contribution in [0.2, 0.25) is 0 Å². The van der Waals surface area contributed by atoms with E-state index in [1.165, 1.54) is 23.4 Å². The van der Waals surface area contributed by atoms with Gasteiger partial charge in [0, 0.05) is 17.8 Å². The minimum atomic E-state index is -0.520. The van der Waals surface area contributed by atoms with Crippen LogP contribution in [-0.4, -0.2) is 6.04 Å². The highest BCUT2D eigenvalue weighted by Gasteiger charge is 2.14. The predicted molar refractivity (Wildman–Crippen MR) is 77.0 cm³/mol. The second-order valence-corrected chi connectivity index (χ2v) is 5.53. The summed E-state index contributed by atoms with van der Waals surface area (Å²) in [6.45, 7) is 2.17. The van der Waals surface area contributed by atoms with Gasteiger partial charge in [0.15, 0.2) is 0 Å². The lowest BCUT2D eigenvalue weighted by Crippen LogP contribution is -2.21. The van der Waals surface area contributed by atoms with Crippen LogP contribution in [0.1, 0.15) is 30.0 Å². The summed E-state index contributed by atoms with van der Waals surface area (Å²) in [4.78, 5) is 0. The second kappa shape index (κ2) is 5.23. The number of fused-ring (bicyclic) bond motifs is 1. The number of nitrogens with one attached hydrogen (secondary N) is 1. The SMILES string of the molecule is CC1CCc2cc(Cc3cc(F)cc(F)c3)ccc2N1. The lowest BCUT2D eigenvalue weighted by Gasteiger charge is -2.24. The zero-order chi connectivity index (χ0) is 14.1. The largest absolute Gasteiger partial charge is 0.382 e. The van der Waals surface area contributed by atoms with Gasteiger partial charge < -0.3 is 5.32 Å². The molecule has 0 amide bonds. The highest BCUT2D eigenvalue weighted by atomic mass is 19.1. The summed E-state index contributed by atoms with van der Waals surface area (Å²) in [5.74, 6) is -1.04. The van der Waals surface area contributed by atoms with E-state index in [9.17, 15) is 8.78 Å². The lowest BCUT2D eigenvalue weighted by atomic mass is 9.95. The molecule has 1 heterocycles. The molecule has 1 nitrogen and oxygen atoms in total. The molecule has 2 aromatic carbocycles. The molecular weight excluding hydrogens is 256 g/mol. The average molecular weight is 273 g/mol. The number of hydrogen-bond acceptors (Lipinski definition) is 1. The van der Waals surface area contributed by atoms with E-state index in [-0.39, 0.29) is 0 Å². The van der Waals surface area contributed by atoms with E-state index in [1.807, 2.05) is 6.07 Å². The summed E-state index contributed by atoms with van der Waals surface area (Å²) >= 11 is 0. The molecular formula is C17H17F2N. The third-order valence-corrected chi connectivity index (χ3v) is 3.75. The first-order chi connectivity index (χ1) is 9.60. The number of benzene rings is 2. The van der Waals surface area contributed by atoms with Gasteiger partial charge in [-0.3, -0.25) is 0 Å². The molecule has 0 fully saturated rings. The Kier molecular flexibility index (Phi) is 3.43. The highest BCUT2D eigenvalue weighted by molar-refractivity contribution is 5.55. The highest BCUT2D eigenvalue weighted by Crippen LogP contribution is 2.26. The lowest BCUT2D eigenvalue weighted by molar-refractivity contribution is 0.580. The van der Waals surface area contributed by atoms with Crippen LogP contribution in [0.15, 0.2) is 36.4 Å². The van der Waals surface area contributed by atoms with E-state index in [0.29, 0.717) is 18.0 Å². The molecule has 0 spiro atoms. The van der Waals surface area contributed by atoms with E-state index in [2.05, 4.69) is 24.4 Å². The Morgan fingerprint density at radius 3 is 2.55 bits per heavy atom. The van der Waals surface area contributed by atoms with Crippen LogP contribution in [0.5, 0.6) is 0 Å². The van der Waals surface area contributed by atoms with Crippen molar-refractivity contribution >= 4 is 5.69 Å². The normalized spacial score (nSPS) is 17.4. The third-order valence-electron chi connectivity index (χ3n) is 3.75. The molecule has 0 radical (unpaired) electrons. The molecule has 0 saturated heterocycles. The van der Waals surface area contributed by atoms with Crippen LogP contribution < -0.4 is 5.32 Å². The van der Waals surface area contributed by atoms with Crippen molar-refractivity contribution in [3.05, 3.63) is 64.7 Å². The van der Waals surface area contributed by atoms with Crippen molar-refractivity contribution in [2.24, 2.45) is 0 Å². The molecule has 1 aliphatic heterocycles. The van der Waals surface area contributed by atoms with Crippen molar-refractivity contribution in [2.75, 3.05) is 5.32 Å². The van der Waals surface area contributed by atoms with Crippen LogP contribution >= 0.6 is 0 Å². The van der Waals surface area contributed by atoms with E-state index < -0.39 is 11.6 Å². The molecule has 3 rings (SSSR count).